The van der Waals surface area contributed by atoms with Crippen molar-refractivity contribution in [2.24, 2.45) is 4.99 Å². The second kappa shape index (κ2) is 8.66. The van der Waals surface area contributed by atoms with Gasteiger partial charge in [0, 0.05) is 23.5 Å². The second-order valence-corrected chi connectivity index (χ2v) is 5.97. The smallest absolute Gasteiger partial charge is 0.327 e. The minimum atomic E-state index is -2.70. The van der Waals surface area contributed by atoms with E-state index in [2.05, 4.69) is 10.1 Å². The number of aliphatic imine (C=N–C) groups is 1. The zero-order valence-electron chi connectivity index (χ0n) is 15.1. The molecule has 0 fully saturated rings. The molecular weight excluding hydrogens is 365 g/mol. The quantitative estimate of drug-likeness (QED) is 0.373. The summed E-state index contributed by atoms with van der Waals surface area (Å²) in [7, 11) is 2.46. The van der Waals surface area contributed by atoms with Crippen LogP contribution in [-0.2, 0) is 6.54 Å². The van der Waals surface area contributed by atoms with Crippen LogP contribution in [0.2, 0.25) is 0 Å². The van der Waals surface area contributed by atoms with E-state index in [1.807, 2.05) is 0 Å². The van der Waals surface area contributed by atoms with Gasteiger partial charge in [0.15, 0.2) is 5.82 Å². The van der Waals surface area contributed by atoms with E-state index in [-0.39, 0.29) is 18.1 Å². The minimum Gasteiger partial charge on any atom is -0.497 e. The number of nitrogens with two attached hydrogens (primary N) is 1. The Kier molecular flexibility index (Phi) is 6.05. The van der Waals surface area contributed by atoms with Crippen molar-refractivity contribution in [3.63, 3.8) is 0 Å². The average molecular weight is 383 g/mol. The number of hydrogen-bond acceptors (Lipinski definition) is 5. The Bertz CT molecular complexity index is 975. The highest BCUT2D eigenvalue weighted by Gasteiger charge is 2.17. The first kappa shape index (κ1) is 19.6. The normalized spacial score (nSPS) is 11.3. The summed E-state index contributed by atoms with van der Waals surface area (Å²) in [4.78, 5) is 4.16. The molecule has 0 aliphatic heterocycles. The zero-order valence-corrected chi connectivity index (χ0v) is 15.1. The van der Waals surface area contributed by atoms with Crippen LogP contribution in [-0.4, -0.2) is 35.6 Å². The molecule has 2 aromatic carbocycles. The average Bonchev–Trinajstić information content (AvgIpc) is 3.10. The minimum absolute atomic E-state index is 0.121. The van der Waals surface area contributed by atoms with Gasteiger partial charge in [-0.25, -0.2) is 13.8 Å². The van der Waals surface area contributed by atoms with Crippen LogP contribution < -0.4 is 15.9 Å². The van der Waals surface area contributed by atoms with Crippen molar-refractivity contribution in [2.75, 3.05) is 12.8 Å². The van der Waals surface area contributed by atoms with Gasteiger partial charge in [0.25, 0.3) is 6.43 Å². The lowest BCUT2D eigenvalue weighted by molar-refractivity contribution is 0.139. The molecule has 9 heteroatoms. The third-order valence-electron chi connectivity index (χ3n) is 4.15. The summed E-state index contributed by atoms with van der Waals surface area (Å²) in [5.41, 5.74) is 7.80. The molecule has 1 aromatic heterocycles. The Morgan fingerprint density at radius 1 is 1.29 bits per heavy atom. The van der Waals surface area contributed by atoms with E-state index in [1.165, 1.54) is 17.0 Å². The maximum Gasteiger partial charge on any atom is 0.327 e. The molecule has 143 valence electrons. The van der Waals surface area contributed by atoms with Crippen LogP contribution in [0.15, 0.2) is 53.5 Å². The van der Waals surface area contributed by atoms with Gasteiger partial charge >= 0.3 is 7.48 Å². The molecule has 0 aliphatic rings. The predicted octanol–water partition coefficient (Wildman–Crippen LogP) is 2.45. The molecule has 0 saturated carbocycles. The van der Waals surface area contributed by atoms with Crippen LogP contribution >= 0.6 is 0 Å². The van der Waals surface area contributed by atoms with Gasteiger partial charge in [0.1, 0.15) is 11.4 Å². The molecule has 0 atom stereocenters. The highest BCUT2D eigenvalue weighted by Crippen LogP contribution is 2.25. The number of rotatable bonds is 7. The van der Waals surface area contributed by atoms with E-state index in [0.29, 0.717) is 22.5 Å². The number of aromatic nitrogens is 2. The second-order valence-electron chi connectivity index (χ2n) is 5.97. The number of alkyl halides is 2. The molecule has 0 bridgehead atoms. The number of nitrogen functional groups attached to an aromatic ring is 1. The molecule has 6 nitrogen and oxygen atoms in total. The number of hydrogen-bond donors (Lipinski definition) is 2. The van der Waals surface area contributed by atoms with Gasteiger partial charge in [-0.05, 0) is 29.2 Å². The van der Waals surface area contributed by atoms with Crippen molar-refractivity contribution in [3.05, 3.63) is 65.4 Å². The Morgan fingerprint density at radius 2 is 2.04 bits per heavy atom. The van der Waals surface area contributed by atoms with Crippen molar-refractivity contribution in [2.45, 2.75) is 13.0 Å². The SMILES string of the molecule is COc1ccc(Cn2nc(N=Cc3c(N)cccc3[B]O)cc2C(F)F)cc1. The fraction of sp³-hybridized carbons (Fsp3) is 0.158. The largest absolute Gasteiger partial charge is 0.497 e. The van der Waals surface area contributed by atoms with Crippen LogP contribution in [0.4, 0.5) is 20.3 Å². The monoisotopic (exact) mass is 383 g/mol. The summed E-state index contributed by atoms with van der Waals surface area (Å²) < 4.78 is 33.1. The molecule has 3 aromatic rings. The molecule has 1 heterocycles. The van der Waals surface area contributed by atoms with Crippen LogP contribution in [0.1, 0.15) is 23.2 Å². The molecule has 0 spiro atoms. The Hall–Kier alpha value is -3.20. The first-order valence-electron chi connectivity index (χ1n) is 8.40. The summed E-state index contributed by atoms with van der Waals surface area (Å²) in [6, 6.07) is 13.3. The van der Waals surface area contributed by atoms with Crippen LogP contribution in [0.5, 0.6) is 5.75 Å². The molecule has 0 unspecified atom stereocenters. The van der Waals surface area contributed by atoms with Gasteiger partial charge in [-0.2, -0.15) is 5.10 Å². The molecule has 3 rings (SSSR count). The zero-order chi connectivity index (χ0) is 20.1. The van der Waals surface area contributed by atoms with E-state index in [4.69, 9.17) is 10.5 Å². The lowest BCUT2D eigenvalue weighted by Gasteiger charge is -2.07. The summed E-state index contributed by atoms with van der Waals surface area (Å²) in [5.74, 6) is 0.802. The summed E-state index contributed by atoms with van der Waals surface area (Å²) in [5, 5.41) is 13.5. The van der Waals surface area contributed by atoms with Crippen molar-refractivity contribution in [1.29, 1.82) is 0 Å². The molecule has 0 aliphatic carbocycles. The Morgan fingerprint density at radius 3 is 2.68 bits per heavy atom. The van der Waals surface area contributed by atoms with E-state index in [0.717, 1.165) is 13.0 Å². The van der Waals surface area contributed by atoms with Crippen LogP contribution in [0.3, 0.4) is 0 Å². The fourth-order valence-electron chi connectivity index (χ4n) is 2.68. The highest BCUT2D eigenvalue weighted by molar-refractivity contribution is 6.48. The number of nitrogens with zero attached hydrogens (tertiary/aromatic N) is 3. The number of benzene rings is 2. The lowest BCUT2D eigenvalue weighted by atomic mass is 9.84. The van der Waals surface area contributed by atoms with Crippen molar-refractivity contribution in [1.82, 2.24) is 9.78 Å². The molecule has 0 amide bonds. The van der Waals surface area contributed by atoms with Crippen molar-refractivity contribution >= 4 is 30.7 Å². The summed E-state index contributed by atoms with van der Waals surface area (Å²) >= 11 is 0. The van der Waals surface area contributed by atoms with Gasteiger partial charge in [-0.15, -0.1) is 0 Å². The van der Waals surface area contributed by atoms with Gasteiger partial charge in [0.05, 0.1) is 13.7 Å². The van der Waals surface area contributed by atoms with Gasteiger partial charge < -0.3 is 15.5 Å². The van der Waals surface area contributed by atoms with Gasteiger partial charge in [0.2, 0.25) is 0 Å². The van der Waals surface area contributed by atoms with E-state index in [1.54, 1.807) is 49.6 Å². The number of ether oxygens (including phenoxy) is 1. The standard InChI is InChI=1S/C19H18BF2N4O2/c1-28-13-7-5-12(6-8-13)11-26-17(19(21)22)9-18(25-26)24-10-14-15(20-27)3-2-4-16(14)23/h2-10,19,27H,11,23H2,1H3. The molecule has 3 N–H and O–H groups in total. The maximum atomic E-state index is 13.4. The van der Waals surface area contributed by atoms with E-state index < -0.39 is 6.43 Å². The Labute approximate surface area is 161 Å². The highest BCUT2D eigenvalue weighted by atomic mass is 19.3. The number of halogens is 2. The third-order valence-corrected chi connectivity index (χ3v) is 4.15. The summed E-state index contributed by atoms with van der Waals surface area (Å²) in [6.45, 7) is 0.169. The van der Waals surface area contributed by atoms with Gasteiger partial charge in [-0.1, -0.05) is 24.3 Å². The lowest BCUT2D eigenvalue weighted by Crippen LogP contribution is -2.20. The topological polar surface area (TPSA) is 85.7 Å². The van der Waals surface area contributed by atoms with Crippen LogP contribution in [0.25, 0.3) is 0 Å². The number of anilines is 1. The summed E-state index contributed by atoms with van der Waals surface area (Å²) in [6.07, 6.45) is -1.30. The predicted molar refractivity (Wildman–Crippen MR) is 105 cm³/mol. The molecule has 28 heavy (non-hydrogen) atoms. The molecule has 1 radical (unpaired) electrons. The van der Waals surface area contributed by atoms with E-state index in [9.17, 15) is 13.8 Å². The fourth-order valence-corrected chi connectivity index (χ4v) is 2.68. The molecular formula is C19H18BF2N4O2. The Balaban J connectivity index is 1.88. The maximum absolute atomic E-state index is 13.4. The van der Waals surface area contributed by atoms with Crippen LogP contribution in [0, 0.1) is 0 Å². The van der Waals surface area contributed by atoms with Gasteiger partial charge in [-0.3, -0.25) is 4.68 Å². The van der Waals surface area contributed by atoms with E-state index >= 15 is 0 Å². The first-order valence-corrected chi connectivity index (χ1v) is 8.40. The third kappa shape index (κ3) is 4.37. The van der Waals surface area contributed by atoms with Crippen molar-refractivity contribution < 1.29 is 18.5 Å². The first-order chi connectivity index (χ1) is 13.5. The number of methoxy groups -OCH3 is 1. The molecule has 0 saturated heterocycles. The van der Waals surface area contributed by atoms with Crippen molar-refractivity contribution in [3.8, 4) is 5.75 Å².